The van der Waals surface area contributed by atoms with Crippen LogP contribution >= 0.6 is 0 Å². The second-order valence-corrected chi connectivity index (χ2v) is 11.6. The highest BCUT2D eigenvalue weighted by Crippen LogP contribution is 2.27. The van der Waals surface area contributed by atoms with Crippen molar-refractivity contribution in [3.63, 3.8) is 0 Å². The third kappa shape index (κ3) is 5.61. The van der Waals surface area contributed by atoms with E-state index in [1.807, 2.05) is 6.92 Å². The summed E-state index contributed by atoms with van der Waals surface area (Å²) in [5.74, 6) is -0.254. The van der Waals surface area contributed by atoms with Gasteiger partial charge in [0.05, 0.1) is 16.9 Å². The minimum atomic E-state index is -3.76. The fourth-order valence-electron chi connectivity index (χ4n) is 4.79. The van der Waals surface area contributed by atoms with Crippen LogP contribution in [0.15, 0.2) is 53.4 Å². The molecule has 0 bridgehead atoms. The van der Waals surface area contributed by atoms with E-state index >= 15 is 0 Å². The monoisotopic (exact) mass is 487 g/mol. The summed E-state index contributed by atoms with van der Waals surface area (Å²) in [7, 11) is -3.76. The summed E-state index contributed by atoms with van der Waals surface area (Å²) in [5.41, 5.74) is 2.23. The average Bonchev–Trinajstić information content (AvgIpc) is 2.85. The number of hydrogen-bond donors (Lipinski definition) is 1. The standard InChI is InChI=1S/C26H34FN3O3S/c1-19-13-16-29(17-14-19)24-9-5-21(6-10-24)20(2)28-26(31)22-4-3-15-30(18-22)34(32,33)25-11-7-23(27)8-12-25/h5-12,19-20,22H,3-4,13-18H2,1-2H3,(H,28,31)/t20-,22-/m1/s1. The summed E-state index contributed by atoms with van der Waals surface area (Å²) >= 11 is 0. The Balaban J connectivity index is 1.36. The van der Waals surface area contributed by atoms with E-state index in [1.54, 1.807) is 0 Å². The topological polar surface area (TPSA) is 69.7 Å². The molecule has 0 saturated carbocycles. The molecule has 1 N–H and O–H groups in total. The Morgan fingerprint density at radius 1 is 1.00 bits per heavy atom. The minimum Gasteiger partial charge on any atom is -0.372 e. The maximum absolute atomic E-state index is 13.2. The number of anilines is 1. The maximum atomic E-state index is 13.2. The lowest BCUT2D eigenvalue weighted by Crippen LogP contribution is -2.45. The van der Waals surface area contributed by atoms with E-state index in [0.717, 1.165) is 36.7 Å². The predicted molar refractivity (Wildman–Crippen MR) is 131 cm³/mol. The summed E-state index contributed by atoms with van der Waals surface area (Å²) < 4.78 is 40.5. The predicted octanol–water partition coefficient (Wildman–Crippen LogP) is 4.34. The van der Waals surface area contributed by atoms with Crippen molar-refractivity contribution in [1.82, 2.24) is 9.62 Å². The average molecular weight is 488 g/mol. The van der Waals surface area contributed by atoms with E-state index in [-0.39, 0.29) is 23.4 Å². The van der Waals surface area contributed by atoms with Crippen LogP contribution in [0.3, 0.4) is 0 Å². The van der Waals surface area contributed by atoms with Crippen LogP contribution in [0.25, 0.3) is 0 Å². The summed E-state index contributed by atoms with van der Waals surface area (Å²) in [6, 6.07) is 13.0. The van der Waals surface area contributed by atoms with E-state index in [1.165, 1.54) is 35.0 Å². The van der Waals surface area contributed by atoms with Gasteiger partial charge in [-0.15, -0.1) is 0 Å². The summed E-state index contributed by atoms with van der Waals surface area (Å²) in [5, 5.41) is 3.07. The van der Waals surface area contributed by atoms with Gasteiger partial charge in [0.2, 0.25) is 15.9 Å². The van der Waals surface area contributed by atoms with E-state index in [0.29, 0.717) is 19.4 Å². The molecule has 2 atom stereocenters. The molecule has 2 aliphatic heterocycles. The van der Waals surface area contributed by atoms with Gasteiger partial charge in [0.1, 0.15) is 5.82 Å². The molecule has 2 aliphatic rings. The van der Waals surface area contributed by atoms with Crippen LogP contribution in [-0.2, 0) is 14.8 Å². The molecule has 1 amide bonds. The largest absolute Gasteiger partial charge is 0.372 e. The summed E-state index contributed by atoms with van der Waals surface area (Å²) in [6.45, 7) is 6.89. The first-order valence-corrected chi connectivity index (χ1v) is 13.6. The van der Waals surface area contributed by atoms with Crippen LogP contribution in [-0.4, -0.2) is 44.8 Å². The Labute approximate surface area is 202 Å². The highest BCUT2D eigenvalue weighted by Gasteiger charge is 2.33. The smallest absolute Gasteiger partial charge is 0.243 e. The Morgan fingerprint density at radius 2 is 1.65 bits per heavy atom. The van der Waals surface area contributed by atoms with Crippen molar-refractivity contribution in [3.05, 3.63) is 59.9 Å². The molecule has 6 nitrogen and oxygen atoms in total. The van der Waals surface area contributed by atoms with Crippen LogP contribution < -0.4 is 10.2 Å². The van der Waals surface area contributed by atoms with Crippen molar-refractivity contribution in [2.45, 2.75) is 50.5 Å². The molecule has 0 spiro atoms. The molecule has 184 valence electrons. The number of hydrogen-bond acceptors (Lipinski definition) is 4. The first-order chi connectivity index (χ1) is 16.2. The third-order valence-corrected chi connectivity index (χ3v) is 8.99. The SMILES string of the molecule is CC1CCN(c2ccc([C@@H](C)NC(=O)[C@@H]3CCCN(S(=O)(=O)c4ccc(F)cc4)C3)cc2)CC1. The van der Waals surface area contributed by atoms with Crippen LogP contribution in [0.1, 0.15) is 51.1 Å². The fourth-order valence-corrected chi connectivity index (χ4v) is 6.31. The number of rotatable bonds is 6. The van der Waals surface area contributed by atoms with E-state index < -0.39 is 21.8 Å². The maximum Gasteiger partial charge on any atom is 0.243 e. The fraction of sp³-hybridized carbons (Fsp3) is 0.500. The van der Waals surface area contributed by atoms with Crippen molar-refractivity contribution >= 4 is 21.6 Å². The lowest BCUT2D eigenvalue weighted by atomic mass is 9.97. The van der Waals surface area contributed by atoms with Crippen molar-refractivity contribution in [2.75, 3.05) is 31.1 Å². The van der Waals surface area contributed by atoms with Crippen molar-refractivity contribution < 1.29 is 17.6 Å². The van der Waals surface area contributed by atoms with Crippen LogP contribution in [0.2, 0.25) is 0 Å². The molecular formula is C26H34FN3O3S. The van der Waals surface area contributed by atoms with E-state index in [2.05, 4.69) is 41.4 Å². The molecule has 2 fully saturated rings. The normalized spacial score (nSPS) is 21.3. The third-order valence-electron chi connectivity index (χ3n) is 7.11. The lowest BCUT2D eigenvalue weighted by Gasteiger charge is -2.32. The Hall–Kier alpha value is -2.45. The van der Waals surface area contributed by atoms with Gasteiger partial charge in [-0.2, -0.15) is 4.31 Å². The molecule has 2 aromatic rings. The van der Waals surface area contributed by atoms with Gasteiger partial charge in [0, 0.05) is 31.9 Å². The number of nitrogens with one attached hydrogen (secondary N) is 1. The first-order valence-electron chi connectivity index (χ1n) is 12.1. The quantitative estimate of drug-likeness (QED) is 0.658. The van der Waals surface area contributed by atoms with Crippen molar-refractivity contribution in [1.29, 1.82) is 0 Å². The van der Waals surface area contributed by atoms with Gasteiger partial charge in [-0.05, 0) is 80.5 Å². The van der Waals surface area contributed by atoms with Crippen molar-refractivity contribution in [3.8, 4) is 0 Å². The first kappa shape index (κ1) is 24.7. The van der Waals surface area contributed by atoms with E-state index in [4.69, 9.17) is 0 Å². The lowest BCUT2D eigenvalue weighted by molar-refractivity contribution is -0.126. The molecule has 0 aromatic heterocycles. The van der Waals surface area contributed by atoms with Gasteiger partial charge in [-0.3, -0.25) is 4.79 Å². The number of halogens is 1. The van der Waals surface area contributed by atoms with Crippen LogP contribution in [0.4, 0.5) is 10.1 Å². The van der Waals surface area contributed by atoms with Gasteiger partial charge < -0.3 is 10.2 Å². The number of benzene rings is 2. The molecule has 34 heavy (non-hydrogen) atoms. The number of carbonyl (C=O) groups excluding carboxylic acids is 1. The Kier molecular flexibility index (Phi) is 7.57. The van der Waals surface area contributed by atoms with E-state index in [9.17, 15) is 17.6 Å². The second kappa shape index (κ2) is 10.4. The molecule has 2 aromatic carbocycles. The second-order valence-electron chi connectivity index (χ2n) is 9.65. The highest BCUT2D eigenvalue weighted by molar-refractivity contribution is 7.89. The highest BCUT2D eigenvalue weighted by atomic mass is 32.2. The molecule has 4 rings (SSSR count). The molecule has 8 heteroatoms. The molecule has 0 aliphatic carbocycles. The number of sulfonamides is 1. The molecule has 2 saturated heterocycles. The van der Waals surface area contributed by atoms with Gasteiger partial charge in [-0.1, -0.05) is 19.1 Å². The molecule has 0 unspecified atom stereocenters. The summed E-state index contributed by atoms with van der Waals surface area (Å²) in [6.07, 6.45) is 3.67. The number of piperidine rings is 2. The van der Waals surface area contributed by atoms with Gasteiger partial charge in [0.15, 0.2) is 0 Å². The zero-order valence-electron chi connectivity index (χ0n) is 19.9. The zero-order chi connectivity index (χ0) is 24.3. The minimum absolute atomic E-state index is 0.0478. The van der Waals surface area contributed by atoms with Gasteiger partial charge in [0.25, 0.3) is 0 Å². The van der Waals surface area contributed by atoms with Crippen molar-refractivity contribution in [2.24, 2.45) is 11.8 Å². The number of amides is 1. The van der Waals surface area contributed by atoms with Gasteiger partial charge >= 0.3 is 0 Å². The Morgan fingerprint density at radius 3 is 2.29 bits per heavy atom. The Bertz CT molecular complexity index is 1080. The zero-order valence-corrected chi connectivity index (χ0v) is 20.7. The molecular weight excluding hydrogens is 453 g/mol. The number of carbonyl (C=O) groups is 1. The van der Waals surface area contributed by atoms with Gasteiger partial charge in [-0.25, -0.2) is 12.8 Å². The number of nitrogens with zero attached hydrogens (tertiary/aromatic N) is 2. The molecule has 2 heterocycles. The summed E-state index contributed by atoms with van der Waals surface area (Å²) in [4.78, 5) is 15.4. The van der Waals surface area contributed by atoms with Crippen LogP contribution in [0.5, 0.6) is 0 Å². The van der Waals surface area contributed by atoms with Crippen LogP contribution in [0, 0.1) is 17.7 Å². The molecule has 0 radical (unpaired) electrons.